The van der Waals surface area contributed by atoms with E-state index in [0.717, 1.165) is 11.3 Å². The molecule has 0 radical (unpaired) electrons. The molecule has 1 heteroatoms. The van der Waals surface area contributed by atoms with E-state index in [0.29, 0.717) is 0 Å². The molecule has 0 fully saturated rings. The highest BCUT2D eigenvalue weighted by Crippen LogP contribution is 2.21. The Hall–Kier alpha value is -2.02. The fraction of sp³-hybridized carbons (Fsp3) is 0.222. The van der Waals surface area contributed by atoms with Crippen molar-refractivity contribution in [2.24, 2.45) is 0 Å². The molecule has 0 heterocycles. The molecule has 0 saturated carbocycles. The molecule has 1 N–H and O–H groups in total. The first-order valence-corrected chi connectivity index (χ1v) is 6.59. The molecule has 0 aliphatic rings. The third kappa shape index (κ3) is 3.72. The zero-order valence-corrected chi connectivity index (χ0v) is 11.9. The van der Waals surface area contributed by atoms with Crippen LogP contribution >= 0.6 is 0 Å². The summed E-state index contributed by atoms with van der Waals surface area (Å²) < 4.78 is 0. The molecule has 2 rings (SSSR count). The number of rotatable bonds is 3. The van der Waals surface area contributed by atoms with E-state index in [1.807, 2.05) is 6.07 Å². The van der Waals surface area contributed by atoms with Gasteiger partial charge in [0.25, 0.3) is 0 Å². The van der Waals surface area contributed by atoms with E-state index in [1.165, 1.54) is 11.1 Å². The van der Waals surface area contributed by atoms with Gasteiger partial charge in [0.05, 0.1) is 0 Å². The first kappa shape index (κ1) is 13.4. The molecule has 0 aliphatic carbocycles. The quantitative estimate of drug-likeness (QED) is 0.832. The van der Waals surface area contributed by atoms with E-state index in [4.69, 9.17) is 0 Å². The van der Waals surface area contributed by atoms with E-state index in [-0.39, 0.29) is 5.54 Å². The summed E-state index contributed by atoms with van der Waals surface area (Å²) in [6.45, 7) is 10.5. The Morgan fingerprint density at radius 3 is 1.89 bits per heavy atom. The van der Waals surface area contributed by atoms with E-state index in [9.17, 15) is 0 Å². The fourth-order valence-corrected chi connectivity index (χ4v) is 2.02. The predicted octanol–water partition coefficient (Wildman–Crippen LogP) is 4.71. The van der Waals surface area contributed by atoms with Gasteiger partial charge in [-0.2, -0.15) is 0 Å². The molecular weight excluding hydrogens is 230 g/mol. The van der Waals surface area contributed by atoms with Crippen LogP contribution in [0.1, 0.15) is 26.3 Å². The van der Waals surface area contributed by atoms with Gasteiger partial charge in [0.15, 0.2) is 0 Å². The summed E-state index contributed by atoms with van der Waals surface area (Å²) in [6.07, 6.45) is 0. The average molecular weight is 251 g/mol. The first-order chi connectivity index (χ1) is 8.96. The van der Waals surface area contributed by atoms with Gasteiger partial charge >= 0.3 is 0 Å². The Balaban J connectivity index is 2.17. The molecule has 0 aromatic heterocycles. The minimum absolute atomic E-state index is 0.0369. The smallest absolute Gasteiger partial charge is 0.0344 e. The van der Waals surface area contributed by atoms with Gasteiger partial charge in [-0.25, -0.2) is 0 Å². The molecule has 0 amide bonds. The average Bonchev–Trinajstić information content (AvgIpc) is 2.38. The Morgan fingerprint density at radius 2 is 1.37 bits per heavy atom. The summed E-state index contributed by atoms with van der Waals surface area (Å²) in [5.41, 5.74) is 4.60. The van der Waals surface area contributed by atoms with Crippen LogP contribution in [-0.4, -0.2) is 5.54 Å². The molecule has 0 aliphatic heterocycles. The lowest BCUT2D eigenvalue weighted by molar-refractivity contribution is 0.502. The van der Waals surface area contributed by atoms with Crippen molar-refractivity contribution in [2.75, 3.05) is 0 Å². The second-order valence-electron chi connectivity index (χ2n) is 5.80. The van der Waals surface area contributed by atoms with E-state index < -0.39 is 0 Å². The normalized spacial score (nSPS) is 11.1. The lowest BCUT2D eigenvalue weighted by atomic mass is 10.0. The maximum Gasteiger partial charge on any atom is 0.0344 e. The van der Waals surface area contributed by atoms with Crippen molar-refractivity contribution in [3.05, 3.63) is 66.7 Å². The Kier molecular flexibility index (Phi) is 3.75. The fourth-order valence-electron chi connectivity index (χ4n) is 2.02. The van der Waals surface area contributed by atoms with Gasteiger partial charge in [0, 0.05) is 11.2 Å². The van der Waals surface area contributed by atoms with Crippen LogP contribution in [0.5, 0.6) is 0 Å². The van der Waals surface area contributed by atoms with Crippen LogP contribution < -0.4 is 5.32 Å². The van der Waals surface area contributed by atoms with Gasteiger partial charge in [-0.1, -0.05) is 61.2 Å². The first-order valence-electron chi connectivity index (χ1n) is 6.59. The molecule has 0 atom stereocenters. The van der Waals surface area contributed by atoms with Crippen LogP contribution in [0, 0.1) is 0 Å². The van der Waals surface area contributed by atoms with Crippen LogP contribution in [-0.2, 0) is 0 Å². The summed E-state index contributed by atoms with van der Waals surface area (Å²) in [4.78, 5) is 0. The van der Waals surface area contributed by atoms with E-state index in [2.05, 4.69) is 81.2 Å². The van der Waals surface area contributed by atoms with Crippen molar-refractivity contribution in [2.45, 2.75) is 26.3 Å². The summed E-state index contributed by atoms with van der Waals surface area (Å²) in [5, 5.41) is 3.40. The van der Waals surface area contributed by atoms with Crippen molar-refractivity contribution in [3.8, 4) is 11.1 Å². The monoisotopic (exact) mass is 251 g/mol. The van der Waals surface area contributed by atoms with Gasteiger partial charge in [-0.05, 0) is 37.5 Å². The van der Waals surface area contributed by atoms with Gasteiger partial charge < -0.3 is 5.32 Å². The number of benzene rings is 2. The van der Waals surface area contributed by atoms with Crippen molar-refractivity contribution in [1.82, 2.24) is 5.32 Å². The number of hydrogen-bond acceptors (Lipinski definition) is 1. The third-order valence-electron chi connectivity index (χ3n) is 2.87. The summed E-state index contributed by atoms with van der Waals surface area (Å²) >= 11 is 0. The lowest BCUT2D eigenvalue weighted by Crippen LogP contribution is -2.33. The highest BCUT2D eigenvalue weighted by Gasteiger charge is 2.10. The van der Waals surface area contributed by atoms with E-state index in [1.54, 1.807) is 0 Å². The number of nitrogens with one attached hydrogen (secondary N) is 1. The van der Waals surface area contributed by atoms with Gasteiger partial charge in [-0.15, -0.1) is 0 Å². The Labute approximate surface area is 116 Å². The second-order valence-corrected chi connectivity index (χ2v) is 5.80. The Morgan fingerprint density at radius 1 is 0.842 bits per heavy atom. The molecule has 0 saturated heterocycles. The Bertz CT molecular complexity index is 544. The minimum Gasteiger partial charge on any atom is -0.380 e. The van der Waals surface area contributed by atoms with Crippen LogP contribution in [0.3, 0.4) is 0 Å². The van der Waals surface area contributed by atoms with Crippen molar-refractivity contribution in [3.63, 3.8) is 0 Å². The number of hydrogen-bond donors (Lipinski definition) is 1. The van der Waals surface area contributed by atoms with Crippen LogP contribution in [0.15, 0.2) is 61.2 Å². The zero-order chi connectivity index (χ0) is 13.9. The van der Waals surface area contributed by atoms with E-state index >= 15 is 0 Å². The maximum absolute atomic E-state index is 4.10. The summed E-state index contributed by atoms with van der Waals surface area (Å²) in [6, 6.07) is 18.9. The molecule has 2 aromatic carbocycles. The third-order valence-corrected chi connectivity index (χ3v) is 2.87. The molecule has 0 spiro atoms. The minimum atomic E-state index is 0.0369. The highest BCUT2D eigenvalue weighted by molar-refractivity contribution is 5.68. The van der Waals surface area contributed by atoms with Crippen LogP contribution in [0.2, 0.25) is 0 Å². The SMILES string of the molecule is C=C(NC(C)(C)C)c1ccc(-c2ccccc2)cc1. The highest BCUT2D eigenvalue weighted by atomic mass is 15.0. The van der Waals surface area contributed by atoms with Crippen molar-refractivity contribution in [1.29, 1.82) is 0 Å². The molecule has 2 aromatic rings. The molecule has 0 bridgehead atoms. The van der Waals surface area contributed by atoms with Gasteiger partial charge in [-0.3, -0.25) is 0 Å². The standard InChI is InChI=1S/C18H21N/c1-14(19-18(2,3)4)15-10-12-17(13-11-15)16-8-6-5-7-9-16/h5-13,19H,1H2,2-4H3. The molecule has 98 valence electrons. The molecule has 19 heavy (non-hydrogen) atoms. The summed E-state index contributed by atoms with van der Waals surface area (Å²) in [7, 11) is 0. The predicted molar refractivity (Wildman–Crippen MR) is 83.8 cm³/mol. The largest absolute Gasteiger partial charge is 0.380 e. The lowest BCUT2D eigenvalue weighted by Gasteiger charge is -2.24. The van der Waals surface area contributed by atoms with Crippen LogP contribution in [0.25, 0.3) is 16.8 Å². The molecule has 0 unspecified atom stereocenters. The van der Waals surface area contributed by atoms with Gasteiger partial charge in [0.2, 0.25) is 0 Å². The van der Waals surface area contributed by atoms with Crippen molar-refractivity contribution >= 4 is 5.70 Å². The second kappa shape index (κ2) is 5.31. The van der Waals surface area contributed by atoms with Crippen molar-refractivity contribution < 1.29 is 0 Å². The zero-order valence-electron chi connectivity index (χ0n) is 11.9. The summed E-state index contributed by atoms with van der Waals surface area (Å²) in [5.74, 6) is 0. The molecular formula is C18H21N. The maximum atomic E-state index is 4.10. The van der Waals surface area contributed by atoms with Crippen LogP contribution in [0.4, 0.5) is 0 Å². The van der Waals surface area contributed by atoms with Gasteiger partial charge in [0.1, 0.15) is 0 Å². The molecule has 1 nitrogen and oxygen atoms in total. The topological polar surface area (TPSA) is 12.0 Å².